The minimum absolute atomic E-state index is 0.0353. The van der Waals surface area contributed by atoms with Crippen molar-refractivity contribution in [3.63, 3.8) is 0 Å². The van der Waals surface area contributed by atoms with E-state index in [2.05, 4.69) is 56.3 Å². The molecule has 1 aromatic carbocycles. The summed E-state index contributed by atoms with van der Waals surface area (Å²) in [5.74, 6) is -3.23. The van der Waals surface area contributed by atoms with Crippen molar-refractivity contribution in [3.05, 3.63) is 46.2 Å². The maximum Gasteiger partial charge on any atom is 0.306 e. The topological polar surface area (TPSA) is 161 Å². The van der Waals surface area contributed by atoms with Crippen LogP contribution in [-0.4, -0.2) is 78.1 Å². The number of aryl methyl sites for hydroxylation is 1. The Morgan fingerprint density at radius 1 is 1.14 bits per heavy atom. The molecular formula is C36H45IN4O8S. The lowest BCUT2D eigenvalue weighted by molar-refractivity contribution is -0.153. The Morgan fingerprint density at radius 3 is 2.58 bits per heavy atom. The van der Waals surface area contributed by atoms with E-state index in [-0.39, 0.29) is 32.4 Å². The Morgan fingerprint density at radius 2 is 1.90 bits per heavy atom. The molecular weight excluding hydrogens is 775 g/mol. The fourth-order valence-corrected chi connectivity index (χ4v) is 9.28. The van der Waals surface area contributed by atoms with Crippen molar-refractivity contribution in [2.24, 2.45) is 17.3 Å². The number of ether oxygens (including phenoxy) is 2. The number of nitrogens with one attached hydrogen (secondary N) is 2. The average molecular weight is 821 g/mol. The highest BCUT2D eigenvalue weighted by atomic mass is 127. The van der Waals surface area contributed by atoms with Crippen molar-refractivity contribution < 1.29 is 37.1 Å². The largest absolute Gasteiger partial charge is 0.472 e. The number of sulfonamides is 1. The summed E-state index contributed by atoms with van der Waals surface area (Å²) in [6.07, 6.45) is 6.90. The van der Waals surface area contributed by atoms with Gasteiger partial charge in [0, 0.05) is 32.9 Å². The van der Waals surface area contributed by atoms with Gasteiger partial charge >= 0.3 is 5.97 Å². The number of carbonyl (C=O) groups is 4. The van der Waals surface area contributed by atoms with Gasteiger partial charge in [-0.3, -0.25) is 23.9 Å². The van der Waals surface area contributed by atoms with Gasteiger partial charge < -0.3 is 19.7 Å². The molecule has 6 rings (SSSR count). The first-order valence-corrected chi connectivity index (χ1v) is 20.0. The van der Waals surface area contributed by atoms with E-state index < -0.39 is 73.9 Å². The number of carbonyl (C=O) groups excluding carboxylic acids is 4. The lowest BCUT2D eigenvalue weighted by Gasteiger charge is -2.35. The maximum atomic E-state index is 14.5. The zero-order chi connectivity index (χ0) is 36.0. The van der Waals surface area contributed by atoms with Crippen molar-refractivity contribution in [2.75, 3.05) is 13.2 Å². The highest BCUT2D eigenvalue weighted by molar-refractivity contribution is 14.1. The predicted molar refractivity (Wildman–Crippen MR) is 194 cm³/mol. The van der Waals surface area contributed by atoms with Crippen molar-refractivity contribution in [1.29, 1.82) is 0 Å². The van der Waals surface area contributed by atoms with Crippen molar-refractivity contribution in [2.45, 2.75) is 101 Å². The second kappa shape index (κ2) is 14.0. The second-order valence-corrected chi connectivity index (χ2v) is 18.2. The van der Waals surface area contributed by atoms with Crippen LogP contribution in [0.25, 0.3) is 10.8 Å². The lowest BCUT2D eigenvalue weighted by atomic mass is 9.77. The molecule has 3 heterocycles. The van der Waals surface area contributed by atoms with Gasteiger partial charge in [-0.1, -0.05) is 26.8 Å². The van der Waals surface area contributed by atoms with Crippen LogP contribution in [0.1, 0.15) is 77.7 Å². The molecule has 2 aromatic rings. The zero-order valence-corrected chi connectivity index (χ0v) is 31.7. The van der Waals surface area contributed by atoms with Crippen LogP contribution < -0.4 is 14.8 Å². The number of pyridine rings is 1. The molecule has 4 bridgehead atoms. The summed E-state index contributed by atoms with van der Waals surface area (Å²) in [7, 11) is -3.87. The van der Waals surface area contributed by atoms with Gasteiger partial charge in [-0.15, -0.1) is 6.58 Å². The molecule has 0 unspecified atom stereocenters. The first kappa shape index (κ1) is 36.5. The summed E-state index contributed by atoms with van der Waals surface area (Å²) in [5, 5.41) is 4.01. The number of esters is 1. The Bertz CT molecular complexity index is 1820. The van der Waals surface area contributed by atoms with Gasteiger partial charge in [0.1, 0.15) is 17.7 Å². The van der Waals surface area contributed by atoms with Crippen LogP contribution in [0, 0.1) is 20.8 Å². The molecule has 14 heteroatoms. The van der Waals surface area contributed by atoms with Gasteiger partial charge in [-0.2, -0.15) is 0 Å². The minimum Gasteiger partial charge on any atom is -0.472 e. The third-order valence-electron chi connectivity index (χ3n) is 10.3. The van der Waals surface area contributed by atoms with E-state index in [0.717, 1.165) is 39.2 Å². The van der Waals surface area contributed by atoms with Crippen LogP contribution in [0.15, 0.2) is 37.1 Å². The van der Waals surface area contributed by atoms with Gasteiger partial charge in [0.25, 0.3) is 5.91 Å². The number of amides is 3. The summed E-state index contributed by atoms with van der Waals surface area (Å²) < 4.78 is 40.7. The fourth-order valence-electron chi connectivity index (χ4n) is 7.04. The van der Waals surface area contributed by atoms with Crippen LogP contribution in [0.3, 0.4) is 0 Å². The summed E-state index contributed by atoms with van der Waals surface area (Å²) in [6, 6.07) is 5.07. The Kier molecular flexibility index (Phi) is 10.3. The molecule has 0 spiro atoms. The zero-order valence-electron chi connectivity index (χ0n) is 28.7. The predicted octanol–water partition coefficient (Wildman–Crippen LogP) is 4.18. The van der Waals surface area contributed by atoms with Crippen LogP contribution in [-0.2, 0) is 40.4 Å². The molecule has 3 fully saturated rings. The first-order chi connectivity index (χ1) is 23.6. The van der Waals surface area contributed by atoms with E-state index >= 15 is 0 Å². The molecule has 50 heavy (non-hydrogen) atoms. The maximum absolute atomic E-state index is 14.5. The number of aromatic nitrogens is 1. The molecule has 3 amide bonds. The second-order valence-electron chi connectivity index (χ2n) is 15.1. The fraction of sp³-hybridized carbons (Fsp3) is 0.583. The molecule has 2 aliphatic heterocycles. The SMILES string of the molecule is C=C[C@H]1C[C@]1(NC(=O)[C@@H]1C[C@@H]2CN1C(=O)[C@H](C(C)(C)C)CC(=O)OCCCCCc1cc(I)c3ccnc(c3c1)O2)C(=O)NS(=O)(=O)C1CC1. The van der Waals surface area contributed by atoms with Crippen molar-refractivity contribution in [3.8, 4) is 5.88 Å². The molecule has 2 N–H and O–H groups in total. The van der Waals surface area contributed by atoms with E-state index in [4.69, 9.17) is 9.47 Å². The Labute approximate surface area is 306 Å². The highest BCUT2D eigenvalue weighted by Crippen LogP contribution is 2.46. The normalized spacial score (nSPS) is 27.9. The van der Waals surface area contributed by atoms with Gasteiger partial charge in [0.05, 0.1) is 30.7 Å². The smallest absolute Gasteiger partial charge is 0.306 e. The number of nitrogens with zero attached hydrogens (tertiary/aromatic N) is 2. The molecule has 4 aliphatic rings. The summed E-state index contributed by atoms with van der Waals surface area (Å²) in [4.78, 5) is 61.2. The van der Waals surface area contributed by atoms with Gasteiger partial charge in [0.15, 0.2) is 0 Å². The molecule has 12 nitrogen and oxygen atoms in total. The van der Waals surface area contributed by atoms with E-state index in [1.165, 1.54) is 11.0 Å². The van der Waals surface area contributed by atoms with Crippen LogP contribution >= 0.6 is 22.6 Å². The average Bonchev–Trinajstić information content (AvgIpc) is 3.97. The third-order valence-corrected chi connectivity index (χ3v) is 13.0. The van der Waals surface area contributed by atoms with Crippen molar-refractivity contribution in [1.82, 2.24) is 19.9 Å². The third kappa shape index (κ3) is 7.65. The molecule has 1 saturated heterocycles. The van der Waals surface area contributed by atoms with Crippen LogP contribution in [0.4, 0.5) is 0 Å². The lowest BCUT2D eigenvalue weighted by Crippen LogP contribution is -2.57. The van der Waals surface area contributed by atoms with Gasteiger partial charge in [-0.25, -0.2) is 13.4 Å². The quantitative estimate of drug-likeness (QED) is 0.248. The van der Waals surface area contributed by atoms with E-state index in [0.29, 0.717) is 25.1 Å². The highest BCUT2D eigenvalue weighted by Gasteiger charge is 2.62. The number of halogens is 1. The van der Waals surface area contributed by atoms with E-state index in [9.17, 15) is 27.6 Å². The van der Waals surface area contributed by atoms with Crippen LogP contribution in [0.5, 0.6) is 5.88 Å². The number of benzene rings is 1. The van der Waals surface area contributed by atoms with E-state index in [1.54, 1.807) is 6.20 Å². The number of hydrogen-bond acceptors (Lipinski definition) is 9. The van der Waals surface area contributed by atoms with Crippen molar-refractivity contribution >= 4 is 67.1 Å². The molecule has 2 aliphatic carbocycles. The monoisotopic (exact) mass is 820 g/mol. The summed E-state index contributed by atoms with van der Waals surface area (Å²) in [6.45, 7) is 9.67. The Hall–Kier alpha value is -3.27. The molecule has 1 aromatic heterocycles. The van der Waals surface area contributed by atoms with Gasteiger partial charge in [-0.05, 0) is 96.7 Å². The molecule has 2 saturated carbocycles. The summed E-state index contributed by atoms with van der Waals surface area (Å²) in [5.41, 5.74) is -1.05. The molecule has 270 valence electrons. The Balaban J connectivity index is 1.34. The number of rotatable bonds is 6. The first-order valence-electron chi connectivity index (χ1n) is 17.3. The summed E-state index contributed by atoms with van der Waals surface area (Å²) >= 11 is 2.31. The van der Waals surface area contributed by atoms with Gasteiger partial charge in [0.2, 0.25) is 27.7 Å². The standard InChI is InChI=1S/C36H45IN4O8S/c1-5-22-19-36(22,34(45)40-50(46,47)24-10-11-24)39-31(43)29-17-23-20-41(29)33(44)27(35(2,3)4)18-30(42)48-14-8-6-7-9-21-15-26-25(28(37)16-21)12-13-38-32(26)49-23/h5,12-13,15-16,22-24,27,29H,1,6-11,14,17-20H2,2-4H3,(H,39,43)(H,40,45)/t22-,23+,27+,29-,36+/m0/s1. The number of hydrogen-bond donors (Lipinski definition) is 2. The minimum atomic E-state index is -3.87. The number of cyclic esters (lactones) is 1. The molecule has 5 atom stereocenters. The van der Waals surface area contributed by atoms with Crippen LogP contribution in [0.2, 0.25) is 0 Å². The number of fused-ring (bicyclic) bond motifs is 3. The van der Waals surface area contributed by atoms with E-state index in [1.807, 2.05) is 26.8 Å². The molecule has 0 radical (unpaired) electrons.